The Morgan fingerprint density at radius 2 is 2.07 bits per heavy atom. The van der Waals surface area contributed by atoms with E-state index in [0.29, 0.717) is 6.54 Å². The molecule has 1 saturated carbocycles. The molecule has 1 fully saturated rings. The normalized spacial score (nSPS) is 29.6. The summed E-state index contributed by atoms with van der Waals surface area (Å²) in [4.78, 5) is 11.5. The van der Waals surface area contributed by atoms with Crippen LogP contribution in [0, 0.1) is 5.92 Å². The van der Waals surface area contributed by atoms with Crippen molar-refractivity contribution in [2.24, 2.45) is 11.7 Å². The molecule has 4 heteroatoms. The summed E-state index contributed by atoms with van der Waals surface area (Å²) < 4.78 is 0. The Morgan fingerprint density at radius 1 is 1.50 bits per heavy atom. The van der Waals surface area contributed by atoms with E-state index in [1.807, 2.05) is 6.92 Å². The highest BCUT2D eigenvalue weighted by Crippen LogP contribution is 2.18. The van der Waals surface area contributed by atoms with Crippen LogP contribution in [0.3, 0.4) is 0 Å². The van der Waals surface area contributed by atoms with Crippen LogP contribution in [0.1, 0.15) is 32.6 Å². The zero-order valence-corrected chi connectivity index (χ0v) is 8.70. The Balaban J connectivity index is 2.27. The van der Waals surface area contributed by atoms with E-state index in [4.69, 9.17) is 5.73 Å². The Labute approximate surface area is 84.9 Å². The van der Waals surface area contributed by atoms with Crippen LogP contribution in [0.15, 0.2) is 0 Å². The molecule has 0 aliphatic heterocycles. The molecular weight excluding hydrogens is 180 g/mol. The molecule has 1 aliphatic rings. The van der Waals surface area contributed by atoms with Gasteiger partial charge in [0.2, 0.25) is 5.91 Å². The molecule has 0 aromatic heterocycles. The van der Waals surface area contributed by atoms with Crippen LogP contribution in [0.4, 0.5) is 0 Å². The Hall–Kier alpha value is -0.610. The van der Waals surface area contributed by atoms with E-state index in [9.17, 15) is 9.90 Å². The fraction of sp³-hybridized carbons (Fsp3) is 0.900. The van der Waals surface area contributed by atoms with E-state index in [1.165, 1.54) is 0 Å². The first-order chi connectivity index (χ1) is 6.63. The van der Waals surface area contributed by atoms with Crippen LogP contribution < -0.4 is 11.1 Å². The van der Waals surface area contributed by atoms with Crippen molar-refractivity contribution in [1.29, 1.82) is 0 Å². The van der Waals surface area contributed by atoms with E-state index in [-0.39, 0.29) is 24.0 Å². The van der Waals surface area contributed by atoms with Crippen LogP contribution in [-0.2, 0) is 4.79 Å². The van der Waals surface area contributed by atoms with Crippen LogP contribution in [0.2, 0.25) is 0 Å². The minimum atomic E-state index is -0.171. The molecule has 1 atom stereocenters. The second-order valence-electron chi connectivity index (χ2n) is 4.15. The van der Waals surface area contributed by atoms with Crippen molar-refractivity contribution in [3.63, 3.8) is 0 Å². The number of rotatable bonds is 3. The van der Waals surface area contributed by atoms with Crippen LogP contribution >= 0.6 is 0 Å². The Bertz CT molecular complexity index is 189. The first-order valence-electron chi connectivity index (χ1n) is 5.32. The van der Waals surface area contributed by atoms with Gasteiger partial charge in [-0.15, -0.1) is 0 Å². The van der Waals surface area contributed by atoms with E-state index in [1.54, 1.807) is 0 Å². The fourth-order valence-electron chi connectivity index (χ4n) is 1.67. The molecule has 0 aromatic carbocycles. The van der Waals surface area contributed by atoms with Gasteiger partial charge in [0.05, 0.1) is 6.10 Å². The molecule has 1 rings (SSSR count). The number of nitrogens with two attached hydrogens (primary N) is 1. The van der Waals surface area contributed by atoms with E-state index < -0.39 is 0 Å². The highest BCUT2D eigenvalue weighted by atomic mass is 16.3. The number of amides is 1. The largest absolute Gasteiger partial charge is 0.393 e. The molecule has 14 heavy (non-hydrogen) atoms. The van der Waals surface area contributed by atoms with Gasteiger partial charge in [0.15, 0.2) is 0 Å². The van der Waals surface area contributed by atoms with Gasteiger partial charge in [-0.2, -0.15) is 0 Å². The summed E-state index contributed by atoms with van der Waals surface area (Å²) in [5, 5.41) is 12.2. The minimum absolute atomic E-state index is 0.0360. The molecule has 0 aromatic rings. The van der Waals surface area contributed by atoms with Crippen molar-refractivity contribution in [1.82, 2.24) is 5.32 Å². The summed E-state index contributed by atoms with van der Waals surface area (Å²) in [6.07, 6.45) is 3.17. The molecule has 1 amide bonds. The Morgan fingerprint density at radius 3 is 2.57 bits per heavy atom. The van der Waals surface area contributed by atoms with Gasteiger partial charge in [0.1, 0.15) is 0 Å². The lowest BCUT2D eigenvalue weighted by Gasteiger charge is -2.27. The van der Waals surface area contributed by atoms with Gasteiger partial charge < -0.3 is 16.2 Å². The molecule has 4 nitrogen and oxygen atoms in total. The highest BCUT2D eigenvalue weighted by molar-refractivity contribution is 5.78. The molecule has 0 radical (unpaired) electrons. The second-order valence-corrected chi connectivity index (χ2v) is 4.15. The average Bonchev–Trinajstić information content (AvgIpc) is 2.20. The van der Waals surface area contributed by atoms with Crippen molar-refractivity contribution in [2.75, 3.05) is 6.54 Å². The van der Waals surface area contributed by atoms with Gasteiger partial charge in [-0.1, -0.05) is 6.92 Å². The lowest BCUT2D eigenvalue weighted by atomic mass is 9.93. The lowest BCUT2D eigenvalue weighted by molar-refractivity contribution is -0.125. The SMILES string of the molecule is CC(CN)C(=O)NC1CCC(O)CC1. The molecule has 82 valence electrons. The van der Waals surface area contributed by atoms with E-state index in [2.05, 4.69) is 5.32 Å². The summed E-state index contributed by atoms with van der Waals surface area (Å²) in [6, 6.07) is 0.236. The van der Waals surface area contributed by atoms with Gasteiger partial charge in [0, 0.05) is 18.5 Å². The van der Waals surface area contributed by atoms with Crippen LogP contribution in [-0.4, -0.2) is 29.7 Å². The van der Waals surface area contributed by atoms with Gasteiger partial charge >= 0.3 is 0 Å². The van der Waals surface area contributed by atoms with E-state index >= 15 is 0 Å². The zero-order chi connectivity index (χ0) is 10.6. The van der Waals surface area contributed by atoms with Gasteiger partial charge in [-0.05, 0) is 25.7 Å². The maximum atomic E-state index is 11.5. The number of carbonyl (C=O) groups excluding carboxylic acids is 1. The van der Waals surface area contributed by atoms with Gasteiger partial charge in [-0.25, -0.2) is 0 Å². The topological polar surface area (TPSA) is 75.4 Å². The molecular formula is C10H20N2O2. The summed E-state index contributed by atoms with van der Waals surface area (Å²) >= 11 is 0. The predicted molar refractivity (Wildman–Crippen MR) is 54.6 cm³/mol. The molecule has 4 N–H and O–H groups in total. The summed E-state index contributed by atoms with van der Waals surface area (Å²) in [5.41, 5.74) is 5.40. The van der Waals surface area contributed by atoms with Crippen LogP contribution in [0.5, 0.6) is 0 Å². The van der Waals surface area contributed by atoms with Crippen molar-refractivity contribution < 1.29 is 9.90 Å². The highest BCUT2D eigenvalue weighted by Gasteiger charge is 2.22. The zero-order valence-electron chi connectivity index (χ0n) is 8.70. The lowest BCUT2D eigenvalue weighted by Crippen LogP contribution is -2.42. The molecule has 0 bridgehead atoms. The molecule has 0 saturated heterocycles. The maximum Gasteiger partial charge on any atom is 0.224 e. The monoisotopic (exact) mass is 200 g/mol. The molecule has 0 spiro atoms. The minimum Gasteiger partial charge on any atom is -0.393 e. The summed E-state index contributed by atoms with van der Waals surface area (Å²) in [6.45, 7) is 2.22. The van der Waals surface area contributed by atoms with Gasteiger partial charge in [-0.3, -0.25) is 4.79 Å². The fourth-order valence-corrected chi connectivity index (χ4v) is 1.67. The number of aliphatic hydroxyl groups excluding tert-OH is 1. The van der Waals surface area contributed by atoms with Crippen molar-refractivity contribution in [3.05, 3.63) is 0 Å². The predicted octanol–water partition coefficient (Wildman–Crippen LogP) is 0.000900. The van der Waals surface area contributed by atoms with Crippen molar-refractivity contribution >= 4 is 5.91 Å². The maximum absolute atomic E-state index is 11.5. The summed E-state index contributed by atoms with van der Waals surface area (Å²) in [7, 11) is 0. The quantitative estimate of drug-likeness (QED) is 0.600. The van der Waals surface area contributed by atoms with Crippen LogP contribution in [0.25, 0.3) is 0 Å². The molecule has 1 aliphatic carbocycles. The number of nitrogens with one attached hydrogen (secondary N) is 1. The van der Waals surface area contributed by atoms with Gasteiger partial charge in [0.25, 0.3) is 0 Å². The average molecular weight is 200 g/mol. The first-order valence-corrected chi connectivity index (χ1v) is 5.32. The molecule has 1 unspecified atom stereocenters. The number of carbonyl (C=O) groups is 1. The van der Waals surface area contributed by atoms with Crippen molar-refractivity contribution in [3.8, 4) is 0 Å². The van der Waals surface area contributed by atoms with Crippen molar-refractivity contribution in [2.45, 2.75) is 44.8 Å². The first kappa shape index (κ1) is 11.5. The van der Waals surface area contributed by atoms with E-state index in [0.717, 1.165) is 25.7 Å². The summed E-state index contributed by atoms with van der Waals surface area (Å²) in [5.74, 6) is -0.0734. The number of aliphatic hydroxyl groups is 1. The standard InChI is InChI=1S/C10H20N2O2/c1-7(6-11)10(14)12-8-2-4-9(13)5-3-8/h7-9,13H,2-6,11H2,1H3,(H,12,14). The smallest absolute Gasteiger partial charge is 0.224 e. The molecule has 0 heterocycles. The number of hydrogen-bond donors (Lipinski definition) is 3. The third-order valence-corrected chi connectivity index (χ3v) is 2.84. The number of hydrogen-bond acceptors (Lipinski definition) is 3. The second kappa shape index (κ2) is 5.32. The third-order valence-electron chi connectivity index (χ3n) is 2.84. The Kier molecular flexibility index (Phi) is 4.35. The third kappa shape index (κ3) is 3.27.